The second kappa shape index (κ2) is 4.59. The molecular formula is C13H17NO4. The Labute approximate surface area is 106 Å². The second-order valence-electron chi connectivity index (χ2n) is 4.75. The lowest BCUT2D eigenvalue weighted by Gasteiger charge is -2.38. The van der Waals surface area contributed by atoms with E-state index >= 15 is 0 Å². The number of nitrogens with zero attached hydrogens (tertiary/aromatic N) is 1. The summed E-state index contributed by atoms with van der Waals surface area (Å²) >= 11 is 0. The van der Waals surface area contributed by atoms with E-state index in [1.807, 2.05) is 0 Å². The number of aliphatic hydroxyl groups is 2. The predicted octanol–water partition coefficient (Wildman–Crippen LogP) is 0.675. The summed E-state index contributed by atoms with van der Waals surface area (Å²) in [6.45, 7) is 3.42. The Balaban J connectivity index is 2.48. The van der Waals surface area contributed by atoms with Gasteiger partial charge in [-0.3, -0.25) is 4.79 Å². The summed E-state index contributed by atoms with van der Waals surface area (Å²) in [5.74, 6) is 0.375. The minimum absolute atomic E-state index is 0.0784. The van der Waals surface area contributed by atoms with Crippen molar-refractivity contribution in [2.45, 2.75) is 26.1 Å². The first-order valence-electron chi connectivity index (χ1n) is 5.85. The Bertz CT molecular complexity index is 470. The van der Waals surface area contributed by atoms with E-state index in [-0.39, 0.29) is 25.7 Å². The first-order chi connectivity index (χ1) is 8.49. The number of rotatable bonds is 3. The van der Waals surface area contributed by atoms with Crippen molar-refractivity contribution in [3.8, 4) is 5.75 Å². The summed E-state index contributed by atoms with van der Waals surface area (Å²) in [6, 6.07) is 5.18. The van der Waals surface area contributed by atoms with Gasteiger partial charge >= 0.3 is 0 Å². The Morgan fingerprint density at radius 2 is 2.06 bits per heavy atom. The molecule has 1 heterocycles. The third-order valence-corrected chi connectivity index (χ3v) is 2.95. The number of anilines is 1. The van der Waals surface area contributed by atoms with Crippen molar-refractivity contribution in [3.63, 3.8) is 0 Å². The van der Waals surface area contributed by atoms with E-state index in [1.54, 1.807) is 32.0 Å². The molecule has 0 atom stereocenters. The van der Waals surface area contributed by atoms with Gasteiger partial charge in [0.25, 0.3) is 5.91 Å². The first kappa shape index (κ1) is 12.9. The standard InChI is InChI=1S/C13H17NO4/c1-13(2)12(17)14(5-6-15)10-4-3-9(8-16)7-11(10)18-13/h3-4,7,15-16H,5-6,8H2,1-2H3. The van der Waals surface area contributed by atoms with Gasteiger partial charge in [-0.2, -0.15) is 0 Å². The number of β-amino-alcohol motifs (C(OH)–C–C–N with tert-alkyl or cyclic N) is 1. The lowest BCUT2D eigenvalue weighted by Crippen LogP contribution is -2.53. The van der Waals surface area contributed by atoms with Crippen LogP contribution in [0.4, 0.5) is 5.69 Å². The fourth-order valence-electron chi connectivity index (χ4n) is 2.04. The van der Waals surface area contributed by atoms with Crippen LogP contribution in [0.2, 0.25) is 0 Å². The molecule has 1 aliphatic heterocycles. The Kier molecular flexibility index (Phi) is 3.28. The zero-order chi connectivity index (χ0) is 13.3. The molecule has 5 nitrogen and oxygen atoms in total. The molecule has 0 bridgehead atoms. The molecule has 18 heavy (non-hydrogen) atoms. The molecule has 0 aromatic heterocycles. The van der Waals surface area contributed by atoms with Gasteiger partial charge in [0, 0.05) is 6.54 Å². The molecule has 1 amide bonds. The number of aliphatic hydroxyl groups excluding tert-OH is 2. The summed E-state index contributed by atoms with van der Waals surface area (Å²) in [7, 11) is 0. The van der Waals surface area contributed by atoms with E-state index in [4.69, 9.17) is 14.9 Å². The summed E-state index contributed by atoms with van der Waals surface area (Å²) in [5.41, 5.74) is 0.393. The highest BCUT2D eigenvalue weighted by Gasteiger charge is 2.40. The maximum Gasteiger partial charge on any atom is 0.270 e. The summed E-state index contributed by atoms with van der Waals surface area (Å²) < 4.78 is 5.67. The molecule has 1 aromatic rings. The highest BCUT2D eigenvalue weighted by molar-refractivity contribution is 6.02. The number of hydrogen-bond donors (Lipinski definition) is 2. The van der Waals surface area contributed by atoms with Crippen LogP contribution in [0, 0.1) is 0 Å². The van der Waals surface area contributed by atoms with Crippen LogP contribution in [-0.2, 0) is 11.4 Å². The molecule has 0 spiro atoms. The molecule has 0 aliphatic carbocycles. The van der Waals surface area contributed by atoms with Gasteiger partial charge in [-0.15, -0.1) is 0 Å². The van der Waals surface area contributed by atoms with Gasteiger partial charge in [0.1, 0.15) is 5.75 Å². The van der Waals surface area contributed by atoms with Crippen LogP contribution in [0.1, 0.15) is 19.4 Å². The van der Waals surface area contributed by atoms with Crippen molar-refractivity contribution >= 4 is 11.6 Å². The van der Waals surface area contributed by atoms with E-state index in [1.165, 1.54) is 4.90 Å². The molecule has 0 fully saturated rings. The molecule has 98 valence electrons. The maximum absolute atomic E-state index is 12.2. The van der Waals surface area contributed by atoms with Gasteiger partial charge in [-0.05, 0) is 31.5 Å². The van der Waals surface area contributed by atoms with Crippen molar-refractivity contribution in [2.75, 3.05) is 18.1 Å². The van der Waals surface area contributed by atoms with Crippen LogP contribution >= 0.6 is 0 Å². The number of benzene rings is 1. The largest absolute Gasteiger partial charge is 0.476 e. The molecule has 0 unspecified atom stereocenters. The average Bonchev–Trinajstić information content (AvgIpc) is 2.34. The van der Waals surface area contributed by atoms with Crippen molar-refractivity contribution in [1.82, 2.24) is 0 Å². The molecule has 0 radical (unpaired) electrons. The molecule has 2 rings (SSSR count). The van der Waals surface area contributed by atoms with Gasteiger partial charge in [0.2, 0.25) is 0 Å². The number of amides is 1. The average molecular weight is 251 g/mol. The molecule has 1 aliphatic rings. The number of fused-ring (bicyclic) bond motifs is 1. The fourth-order valence-corrected chi connectivity index (χ4v) is 2.04. The third kappa shape index (κ3) is 2.07. The maximum atomic E-state index is 12.2. The van der Waals surface area contributed by atoms with Gasteiger partial charge in [0.15, 0.2) is 5.60 Å². The van der Waals surface area contributed by atoms with Crippen LogP contribution in [-0.4, -0.2) is 34.9 Å². The highest BCUT2D eigenvalue weighted by atomic mass is 16.5. The molecular weight excluding hydrogens is 234 g/mol. The quantitative estimate of drug-likeness (QED) is 0.828. The van der Waals surface area contributed by atoms with Crippen LogP contribution in [0.25, 0.3) is 0 Å². The second-order valence-corrected chi connectivity index (χ2v) is 4.75. The Hall–Kier alpha value is -1.59. The summed E-state index contributed by atoms with van der Waals surface area (Å²) in [4.78, 5) is 13.7. The van der Waals surface area contributed by atoms with Crippen LogP contribution in [0.15, 0.2) is 18.2 Å². The topological polar surface area (TPSA) is 70.0 Å². The van der Waals surface area contributed by atoms with Crippen molar-refractivity contribution in [2.24, 2.45) is 0 Å². The minimum atomic E-state index is -0.962. The molecule has 5 heteroatoms. The van der Waals surface area contributed by atoms with Crippen molar-refractivity contribution < 1.29 is 19.7 Å². The van der Waals surface area contributed by atoms with Gasteiger partial charge in [-0.1, -0.05) is 6.07 Å². The van der Waals surface area contributed by atoms with Gasteiger partial charge in [0.05, 0.1) is 18.9 Å². The van der Waals surface area contributed by atoms with E-state index in [2.05, 4.69) is 0 Å². The van der Waals surface area contributed by atoms with Crippen molar-refractivity contribution in [1.29, 1.82) is 0 Å². The Morgan fingerprint density at radius 1 is 1.33 bits per heavy atom. The Morgan fingerprint density at radius 3 is 2.67 bits per heavy atom. The number of ether oxygens (including phenoxy) is 1. The first-order valence-corrected chi connectivity index (χ1v) is 5.85. The summed E-state index contributed by atoms with van der Waals surface area (Å²) in [6.07, 6.45) is 0. The lowest BCUT2D eigenvalue weighted by atomic mass is 10.0. The van der Waals surface area contributed by atoms with Crippen LogP contribution in [0.3, 0.4) is 0 Å². The van der Waals surface area contributed by atoms with Gasteiger partial charge < -0.3 is 19.8 Å². The van der Waals surface area contributed by atoms with E-state index in [0.717, 1.165) is 5.56 Å². The van der Waals surface area contributed by atoms with Crippen LogP contribution < -0.4 is 9.64 Å². The number of hydrogen-bond acceptors (Lipinski definition) is 4. The number of carbonyl (C=O) groups is 1. The minimum Gasteiger partial charge on any atom is -0.476 e. The SMILES string of the molecule is CC1(C)Oc2cc(CO)ccc2N(CCO)C1=O. The monoisotopic (exact) mass is 251 g/mol. The molecule has 0 saturated carbocycles. The molecule has 0 saturated heterocycles. The van der Waals surface area contributed by atoms with E-state index in [9.17, 15) is 4.79 Å². The smallest absolute Gasteiger partial charge is 0.270 e. The fraction of sp³-hybridized carbons (Fsp3) is 0.462. The zero-order valence-electron chi connectivity index (χ0n) is 10.5. The summed E-state index contributed by atoms with van der Waals surface area (Å²) in [5, 5.41) is 18.2. The normalized spacial score (nSPS) is 17.3. The van der Waals surface area contributed by atoms with E-state index in [0.29, 0.717) is 11.4 Å². The zero-order valence-corrected chi connectivity index (χ0v) is 10.5. The predicted molar refractivity (Wildman–Crippen MR) is 66.5 cm³/mol. The number of carbonyl (C=O) groups excluding carboxylic acids is 1. The molecule has 2 N–H and O–H groups in total. The molecule has 1 aromatic carbocycles. The third-order valence-electron chi connectivity index (χ3n) is 2.95. The van der Waals surface area contributed by atoms with Crippen LogP contribution in [0.5, 0.6) is 5.75 Å². The lowest BCUT2D eigenvalue weighted by molar-refractivity contribution is -0.132. The van der Waals surface area contributed by atoms with Gasteiger partial charge in [-0.25, -0.2) is 0 Å². The van der Waals surface area contributed by atoms with Crippen molar-refractivity contribution in [3.05, 3.63) is 23.8 Å². The highest BCUT2D eigenvalue weighted by Crippen LogP contribution is 2.38. The van der Waals surface area contributed by atoms with E-state index < -0.39 is 5.60 Å².